The Bertz CT molecular complexity index is 3060. The summed E-state index contributed by atoms with van der Waals surface area (Å²) < 4.78 is 61.8. The minimum atomic E-state index is -4.95. The van der Waals surface area contributed by atoms with E-state index < -0.39 is 91.5 Å². The molecule has 0 aromatic carbocycles. The van der Waals surface area contributed by atoms with E-state index in [0.29, 0.717) is 19.3 Å². The van der Waals surface area contributed by atoms with Crippen LogP contribution in [0.1, 0.15) is 470 Å². The second kappa shape index (κ2) is 104. The molecule has 0 saturated carbocycles. The van der Waals surface area contributed by atoms with Gasteiger partial charge >= 0.3 is 33.6 Å². The quantitative estimate of drug-likeness (QED) is 0.0146. The van der Waals surface area contributed by atoms with Crippen molar-refractivity contribution in [3.8, 4) is 0 Å². The molecule has 131 heavy (non-hydrogen) atoms. The van der Waals surface area contributed by atoms with E-state index in [4.69, 9.17) is 32.3 Å². The fourth-order valence-electron chi connectivity index (χ4n) is 14.9. The minimum absolute atomic E-state index is 0.103. The summed E-state index contributed by atoms with van der Waals surface area (Å²) in [4.78, 5) is 59.3. The SMILES string of the molecule is CC/C=C\C/C=C\C/C=C\C/C=C\C/C=C\CCCCCCCCCCCCCCCCCCCC(=O)OCC(O)COP(=O)(O)OCC(O)COP(=O)(O)OCC(COC(=O)CCCCCCCCCCCCCCCCC/C=C\C/C=C\C/C=C\C/C=C\C/C=C\CC)OC(=O)CCCCCCCCCCCCCCCCC/C=C\C/C=C\C/C=C\C/C=C\CCCCC. The fraction of sp³-hybridized carbons (Fsp3) is 0.726. The van der Waals surface area contributed by atoms with Gasteiger partial charge in [-0.15, -0.1) is 0 Å². The molecule has 0 aliphatic heterocycles. The molecule has 0 saturated heterocycles. The summed E-state index contributed by atoms with van der Waals surface area (Å²) in [6, 6.07) is 0. The zero-order chi connectivity index (χ0) is 95.0. The van der Waals surface area contributed by atoms with Gasteiger partial charge < -0.3 is 34.2 Å². The normalized spacial score (nSPS) is 14.3. The highest BCUT2D eigenvalue weighted by molar-refractivity contribution is 7.47. The van der Waals surface area contributed by atoms with Crippen LogP contribution in [-0.2, 0) is 55.8 Å². The maximum absolute atomic E-state index is 13.2. The van der Waals surface area contributed by atoms with Crippen molar-refractivity contribution in [2.24, 2.45) is 0 Å². The Morgan fingerprint density at radius 1 is 0.221 bits per heavy atom. The van der Waals surface area contributed by atoms with E-state index in [1.54, 1.807) is 0 Å². The van der Waals surface area contributed by atoms with Crippen LogP contribution in [-0.4, -0.2) is 95.9 Å². The smallest absolute Gasteiger partial charge is 0.463 e. The number of aliphatic hydroxyl groups is 2. The molecule has 0 spiro atoms. The molecule has 0 aromatic rings. The third-order valence-corrected chi connectivity index (χ3v) is 24.8. The van der Waals surface area contributed by atoms with Gasteiger partial charge in [-0.05, 0) is 154 Å². The molecule has 0 rings (SSSR count). The predicted octanol–water partition coefficient (Wildman–Crippen LogP) is 34.1. The van der Waals surface area contributed by atoms with Crippen LogP contribution in [0, 0.1) is 0 Å². The second-order valence-corrected chi connectivity index (χ2v) is 38.6. The van der Waals surface area contributed by atoms with Crippen molar-refractivity contribution in [2.45, 2.75) is 489 Å². The molecular weight excluding hydrogens is 1680 g/mol. The summed E-state index contributed by atoms with van der Waals surface area (Å²) in [5, 5.41) is 20.8. The van der Waals surface area contributed by atoms with Crippen LogP contribution in [0.2, 0.25) is 0 Å². The van der Waals surface area contributed by atoms with Crippen molar-refractivity contribution < 1.29 is 75.8 Å². The lowest BCUT2D eigenvalue weighted by molar-refractivity contribution is -0.161. The van der Waals surface area contributed by atoms with Crippen LogP contribution in [0.15, 0.2) is 170 Å². The van der Waals surface area contributed by atoms with Crippen molar-refractivity contribution in [3.63, 3.8) is 0 Å². The Hall–Kier alpha value is -5.09. The molecule has 5 unspecified atom stereocenters. The summed E-state index contributed by atoms with van der Waals surface area (Å²) in [6.45, 7) is 2.52. The van der Waals surface area contributed by atoms with Gasteiger partial charge in [0.25, 0.3) is 0 Å². The molecule has 0 bridgehead atoms. The first-order valence-corrected chi connectivity index (χ1v) is 56.4. The van der Waals surface area contributed by atoms with E-state index in [1.165, 1.54) is 263 Å². The third kappa shape index (κ3) is 105. The molecule has 0 aliphatic carbocycles. The van der Waals surface area contributed by atoms with Gasteiger partial charge in [-0.1, -0.05) is 467 Å². The van der Waals surface area contributed by atoms with Crippen LogP contribution in [0.25, 0.3) is 0 Å². The molecule has 18 heteroatoms. The highest BCUT2D eigenvalue weighted by Crippen LogP contribution is 2.45. The van der Waals surface area contributed by atoms with E-state index in [-0.39, 0.29) is 19.3 Å². The first kappa shape index (κ1) is 126. The van der Waals surface area contributed by atoms with Crippen molar-refractivity contribution in [3.05, 3.63) is 170 Å². The largest absolute Gasteiger partial charge is 0.472 e. The Kier molecular flexibility index (Phi) is 99.8. The maximum atomic E-state index is 13.2. The van der Waals surface area contributed by atoms with Gasteiger partial charge in [0.1, 0.15) is 25.4 Å². The summed E-state index contributed by atoms with van der Waals surface area (Å²) in [6.07, 6.45) is 137. The molecule has 16 nitrogen and oxygen atoms in total. The van der Waals surface area contributed by atoms with E-state index in [0.717, 1.165) is 148 Å². The monoisotopic (exact) mass is 1870 g/mol. The molecule has 0 amide bonds. The fourth-order valence-corrected chi connectivity index (χ4v) is 16.5. The van der Waals surface area contributed by atoms with Gasteiger partial charge in [0.15, 0.2) is 6.10 Å². The van der Waals surface area contributed by atoms with Crippen LogP contribution in [0.3, 0.4) is 0 Å². The number of ether oxygens (including phenoxy) is 3. The van der Waals surface area contributed by atoms with Crippen molar-refractivity contribution >= 4 is 33.6 Å². The molecule has 0 heterocycles. The second-order valence-electron chi connectivity index (χ2n) is 35.6. The molecule has 5 atom stereocenters. The van der Waals surface area contributed by atoms with Crippen molar-refractivity contribution in [1.82, 2.24) is 0 Å². The molecule has 0 fully saturated rings. The van der Waals surface area contributed by atoms with Crippen LogP contribution in [0.5, 0.6) is 0 Å². The third-order valence-electron chi connectivity index (χ3n) is 22.9. The van der Waals surface area contributed by atoms with E-state index >= 15 is 0 Å². The van der Waals surface area contributed by atoms with E-state index in [2.05, 4.69) is 191 Å². The first-order valence-electron chi connectivity index (χ1n) is 53.4. The zero-order valence-electron chi connectivity index (χ0n) is 83.7. The van der Waals surface area contributed by atoms with Crippen molar-refractivity contribution in [1.29, 1.82) is 0 Å². The van der Waals surface area contributed by atoms with Gasteiger partial charge in [0.05, 0.1) is 26.4 Å². The molecule has 0 aromatic heterocycles. The topological polar surface area (TPSA) is 231 Å². The number of carbonyl (C=O) groups excluding carboxylic acids is 3. The Morgan fingerprint density at radius 3 is 0.641 bits per heavy atom. The molecular formula is C113H196O16P2. The number of esters is 3. The van der Waals surface area contributed by atoms with Gasteiger partial charge in [0, 0.05) is 19.3 Å². The Labute approximate surface area is 803 Å². The number of phosphoric ester groups is 2. The van der Waals surface area contributed by atoms with E-state index in [1.807, 2.05) is 0 Å². The lowest BCUT2D eigenvalue weighted by atomic mass is 10.0. The number of hydrogen-bond acceptors (Lipinski definition) is 14. The number of rotatable bonds is 101. The van der Waals surface area contributed by atoms with Crippen LogP contribution >= 0.6 is 15.6 Å². The lowest BCUT2D eigenvalue weighted by Gasteiger charge is -2.21. The van der Waals surface area contributed by atoms with E-state index in [9.17, 15) is 43.5 Å². The minimum Gasteiger partial charge on any atom is -0.463 e. The summed E-state index contributed by atoms with van der Waals surface area (Å²) >= 11 is 0. The molecule has 0 radical (unpaired) electrons. The maximum Gasteiger partial charge on any atom is 0.472 e. The number of hydrogen-bond donors (Lipinski definition) is 4. The van der Waals surface area contributed by atoms with Gasteiger partial charge in [0.2, 0.25) is 0 Å². The van der Waals surface area contributed by atoms with Gasteiger partial charge in [-0.2, -0.15) is 0 Å². The predicted molar refractivity (Wildman–Crippen MR) is 555 cm³/mol. The Balaban J connectivity index is 4.60. The first-order chi connectivity index (χ1) is 64.2. The summed E-state index contributed by atoms with van der Waals surface area (Å²) in [5.41, 5.74) is 0. The number of carbonyl (C=O) groups is 3. The number of unbranched alkanes of at least 4 members (excludes halogenated alkanes) is 50. The van der Waals surface area contributed by atoms with Gasteiger partial charge in [-0.25, -0.2) is 9.13 Å². The molecule has 754 valence electrons. The number of aliphatic hydroxyl groups excluding tert-OH is 2. The number of phosphoric acid groups is 2. The van der Waals surface area contributed by atoms with Gasteiger partial charge in [-0.3, -0.25) is 32.5 Å². The summed E-state index contributed by atoms with van der Waals surface area (Å²) in [7, 11) is -9.82. The van der Waals surface area contributed by atoms with Crippen LogP contribution < -0.4 is 0 Å². The standard InChI is InChI=1S/C113H196O16P2/c1-4-7-10-13-16-19-22-25-28-31-34-37-40-43-46-49-52-53-56-58-60-63-66-69-72-75-78-81-84-87-90-93-96-99-111(116)123-102-108(114)103-125-130(119,120)126-104-109(115)105-127-131(121,122)128-107-110(129-113(118)101-98-95-92-89-86-83-80-77-74-71-68-65-62-59-55-51-48-45-42-39-36-33-30-27-24-21-18-15-12-9-6-3)106-124-112(117)100-97-94-91-88-85-82-79-76-73-70-67-64-61-57-54-50-47-44-41-38-35-32-29-26-23-20-17-14-11-8-5-2/h7-8,10-11,16-21,25-30,34-39,43-48,108-110,114-115H,4-6,9,12-15,22-24,31-33,40-42,49-107H2,1-3H3,(H,119,120)(H,121,122)/b10-7-,11-8-,19-16-,20-17-,21-18-,28-25-,29-26-,30-27-,37-34-,38-35-,39-36-,46-43-,47-44-,48-45-. The van der Waals surface area contributed by atoms with Crippen LogP contribution in [0.4, 0.5) is 0 Å². The molecule has 4 N–H and O–H groups in total. The average Bonchev–Trinajstić information content (AvgIpc) is 0.891. The number of allylic oxidation sites excluding steroid dienone is 28. The Morgan fingerprint density at radius 2 is 0.405 bits per heavy atom. The average molecular weight is 1870 g/mol. The lowest BCUT2D eigenvalue weighted by Crippen LogP contribution is -2.30. The van der Waals surface area contributed by atoms with Crippen molar-refractivity contribution in [2.75, 3.05) is 39.6 Å². The highest BCUT2D eigenvalue weighted by atomic mass is 31.2. The zero-order valence-corrected chi connectivity index (χ0v) is 85.5. The highest BCUT2D eigenvalue weighted by Gasteiger charge is 2.30. The summed E-state index contributed by atoms with van der Waals surface area (Å²) in [5.74, 6) is -1.55. The molecule has 0 aliphatic rings.